The van der Waals surface area contributed by atoms with Crippen molar-refractivity contribution in [2.45, 2.75) is 25.3 Å². The van der Waals surface area contributed by atoms with Crippen molar-refractivity contribution in [3.05, 3.63) is 24.3 Å². The van der Waals surface area contributed by atoms with E-state index in [-0.39, 0.29) is 17.4 Å². The Kier molecular flexibility index (Phi) is 4.88. The molecule has 1 aliphatic carbocycles. The van der Waals surface area contributed by atoms with Crippen LogP contribution in [0, 0.1) is 11.3 Å². The second kappa shape index (κ2) is 7.45. The Morgan fingerprint density at radius 2 is 1.73 bits per heavy atom. The van der Waals surface area contributed by atoms with Crippen LogP contribution in [-0.2, 0) is 9.59 Å². The molecule has 2 amide bonds. The first-order chi connectivity index (χ1) is 14.5. The Morgan fingerprint density at radius 1 is 1.00 bits per heavy atom. The normalized spacial score (nSPS) is 26.1. The summed E-state index contributed by atoms with van der Waals surface area (Å²) < 4.78 is 5.34. The van der Waals surface area contributed by atoms with Crippen molar-refractivity contribution < 1.29 is 14.3 Å². The number of rotatable bonds is 4. The number of benzene rings is 1. The molecular weight excluding hydrogens is 380 g/mol. The van der Waals surface area contributed by atoms with Crippen LogP contribution in [0.15, 0.2) is 24.3 Å². The predicted molar refractivity (Wildman–Crippen MR) is 115 cm³/mol. The van der Waals surface area contributed by atoms with Crippen molar-refractivity contribution in [3.8, 4) is 5.75 Å². The Hall–Kier alpha value is -2.28. The molecule has 7 heteroatoms. The Balaban J connectivity index is 1.15. The van der Waals surface area contributed by atoms with Gasteiger partial charge in [-0.3, -0.25) is 14.5 Å². The minimum Gasteiger partial charge on any atom is -0.497 e. The fraction of sp³-hybridized carbons (Fsp3) is 0.652. The number of anilines is 1. The molecule has 0 bridgehead atoms. The van der Waals surface area contributed by atoms with E-state index in [1.807, 2.05) is 21.9 Å². The molecule has 162 valence electrons. The number of amides is 2. The smallest absolute Gasteiger partial charge is 0.240 e. The van der Waals surface area contributed by atoms with Gasteiger partial charge in [0.05, 0.1) is 13.2 Å². The van der Waals surface area contributed by atoms with E-state index >= 15 is 0 Å². The number of ether oxygens (including phenoxy) is 1. The topological polar surface area (TPSA) is 56.3 Å². The zero-order valence-corrected chi connectivity index (χ0v) is 18.0. The number of carbonyl (C=O) groups is 2. The summed E-state index contributed by atoms with van der Waals surface area (Å²) in [5.41, 5.74) is 1.27. The highest BCUT2D eigenvalue weighted by atomic mass is 16.5. The summed E-state index contributed by atoms with van der Waals surface area (Å²) in [7, 11) is 3.75. The van der Waals surface area contributed by atoms with Crippen LogP contribution in [0.2, 0.25) is 0 Å². The first-order valence-corrected chi connectivity index (χ1v) is 11.1. The van der Waals surface area contributed by atoms with Crippen LogP contribution in [-0.4, -0.2) is 92.5 Å². The lowest BCUT2D eigenvalue weighted by Gasteiger charge is -2.48. The van der Waals surface area contributed by atoms with E-state index in [0.29, 0.717) is 11.8 Å². The Labute approximate surface area is 178 Å². The number of carbonyl (C=O) groups excluding carboxylic acids is 2. The van der Waals surface area contributed by atoms with Gasteiger partial charge in [-0.25, -0.2) is 0 Å². The summed E-state index contributed by atoms with van der Waals surface area (Å²) >= 11 is 0. The highest BCUT2D eigenvalue weighted by Crippen LogP contribution is 2.44. The molecule has 1 spiro atoms. The first kappa shape index (κ1) is 19.7. The minimum atomic E-state index is -0.0495. The summed E-state index contributed by atoms with van der Waals surface area (Å²) in [6, 6.07) is 8.06. The highest BCUT2D eigenvalue weighted by molar-refractivity contribution is 5.84. The van der Waals surface area contributed by atoms with Crippen molar-refractivity contribution in [2.24, 2.45) is 11.3 Å². The summed E-state index contributed by atoms with van der Waals surface area (Å²) in [4.78, 5) is 34.2. The van der Waals surface area contributed by atoms with E-state index in [1.54, 1.807) is 7.11 Å². The lowest BCUT2D eigenvalue weighted by molar-refractivity contribution is -0.144. The van der Waals surface area contributed by atoms with Gasteiger partial charge in [0.25, 0.3) is 0 Å². The molecule has 30 heavy (non-hydrogen) atoms. The molecule has 1 saturated carbocycles. The maximum Gasteiger partial charge on any atom is 0.240 e. The van der Waals surface area contributed by atoms with Crippen LogP contribution >= 0.6 is 0 Å². The molecule has 0 N–H and O–H groups in total. The average molecular weight is 413 g/mol. The van der Waals surface area contributed by atoms with Gasteiger partial charge in [0.15, 0.2) is 0 Å². The summed E-state index contributed by atoms with van der Waals surface area (Å²) in [6.45, 7) is 5.76. The number of nitrogens with zero attached hydrogens (tertiary/aromatic N) is 4. The first-order valence-electron chi connectivity index (χ1n) is 11.1. The van der Waals surface area contributed by atoms with Crippen LogP contribution in [0.25, 0.3) is 0 Å². The van der Waals surface area contributed by atoms with E-state index in [4.69, 9.17) is 4.74 Å². The fourth-order valence-corrected chi connectivity index (χ4v) is 5.49. The Bertz CT molecular complexity index is 825. The third-order valence-corrected chi connectivity index (χ3v) is 7.33. The third-order valence-electron chi connectivity index (χ3n) is 7.33. The zero-order chi connectivity index (χ0) is 20.9. The Morgan fingerprint density at radius 3 is 2.40 bits per heavy atom. The van der Waals surface area contributed by atoms with Crippen LogP contribution in [0.1, 0.15) is 19.3 Å². The molecule has 3 aliphatic heterocycles. The predicted octanol–water partition coefficient (Wildman–Crippen LogP) is 1.29. The van der Waals surface area contributed by atoms with Crippen LogP contribution in [0.5, 0.6) is 5.75 Å². The lowest BCUT2D eigenvalue weighted by Crippen LogP contribution is -2.59. The van der Waals surface area contributed by atoms with Crippen molar-refractivity contribution in [2.75, 3.05) is 64.9 Å². The molecule has 1 aromatic rings. The monoisotopic (exact) mass is 412 g/mol. The van der Waals surface area contributed by atoms with E-state index < -0.39 is 0 Å². The number of hydrogen-bond donors (Lipinski definition) is 0. The van der Waals surface area contributed by atoms with Crippen LogP contribution in [0.3, 0.4) is 0 Å². The molecule has 3 saturated heterocycles. The van der Waals surface area contributed by atoms with Gasteiger partial charge < -0.3 is 19.4 Å². The molecule has 1 atom stereocenters. The molecule has 0 radical (unpaired) electrons. The molecule has 7 nitrogen and oxygen atoms in total. The highest BCUT2D eigenvalue weighted by Gasteiger charge is 2.55. The third kappa shape index (κ3) is 3.53. The van der Waals surface area contributed by atoms with E-state index in [9.17, 15) is 9.59 Å². The maximum atomic E-state index is 13.3. The van der Waals surface area contributed by atoms with Crippen molar-refractivity contribution in [3.63, 3.8) is 0 Å². The number of hydrogen-bond acceptors (Lipinski definition) is 5. The molecule has 5 rings (SSSR count). The second-order valence-corrected chi connectivity index (χ2v) is 9.62. The van der Waals surface area contributed by atoms with Gasteiger partial charge in [0.2, 0.25) is 11.8 Å². The van der Waals surface area contributed by atoms with Gasteiger partial charge in [-0.2, -0.15) is 0 Å². The summed E-state index contributed by atoms with van der Waals surface area (Å²) in [6.07, 6.45) is 3.00. The molecule has 4 fully saturated rings. The van der Waals surface area contributed by atoms with E-state index in [1.165, 1.54) is 0 Å². The van der Waals surface area contributed by atoms with E-state index in [2.05, 4.69) is 29.0 Å². The van der Waals surface area contributed by atoms with Gasteiger partial charge in [-0.15, -0.1) is 0 Å². The largest absolute Gasteiger partial charge is 0.497 e. The van der Waals surface area contributed by atoms with Gasteiger partial charge in [0, 0.05) is 68.9 Å². The van der Waals surface area contributed by atoms with Gasteiger partial charge in [0.1, 0.15) is 5.75 Å². The van der Waals surface area contributed by atoms with Gasteiger partial charge in [-0.1, -0.05) is 6.07 Å². The number of likely N-dealkylation sites (tertiary alicyclic amines) is 2. The van der Waals surface area contributed by atoms with Crippen LogP contribution in [0.4, 0.5) is 5.69 Å². The molecule has 3 heterocycles. The lowest BCUT2D eigenvalue weighted by atomic mass is 9.77. The maximum absolute atomic E-state index is 13.3. The zero-order valence-electron chi connectivity index (χ0n) is 18.0. The molecular formula is C23H32N4O3. The van der Waals surface area contributed by atoms with Crippen LogP contribution < -0.4 is 9.64 Å². The number of methoxy groups -OCH3 is 1. The number of likely N-dealkylation sites (N-methyl/N-ethyl adjacent to an activating group) is 1. The summed E-state index contributed by atoms with van der Waals surface area (Å²) in [5.74, 6) is 1.75. The van der Waals surface area contributed by atoms with E-state index in [0.717, 1.165) is 76.5 Å². The van der Waals surface area contributed by atoms with Crippen molar-refractivity contribution >= 4 is 17.5 Å². The SMILES string of the molecule is COc1cccc(N2CCN(C(=O)C3CC4(CN(C(=O)C5CC5)C4)CN3C)CC2)c1. The average Bonchev–Trinajstić information content (AvgIpc) is 3.54. The fourth-order valence-electron chi connectivity index (χ4n) is 5.49. The molecule has 0 aromatic heterocycles. The molecule has 1 unspecified atom stereocenters. The molecule has 4 aliphatic rings. The number of piperazine rings is 1. The van der Waals surface area contributed by atoms with Gasteiger partial charge in [-0.05, 0) is 38.4 Å². The second-order valence-electron chi connectivity index (χ2n) is 9.62. The van der Waals surface area contributed by atoms with Gasteiger partial charge >= 0.3 is 0 Å². The minimum absolute atomic E-state index is 0.0495. The van der Waals surface area contributed by atoms with Crippen molar-refractivity contribution in [1.29, 1.82) is 0 Å². The van der Waals surface area contributed by atoms with Crippen molar-refractivity contribution in [1.82, 2.24) is 14.7 Å². The standard InChI is InChI=1S/C23H32N4O3/c1-24-14-23(15-27(16-23)21(28)17-6-7-17)13-20(24)22(29)26-10-8-25(9-11-26)18-4-3-5-19(12-18)30-2/h3-5,12,17,20H,6-11,13-16H2,1-2H3. The quantitative estimate of drug-likeness (QED) is 0.746. The summed E-state index contributed by atoms with van der Waals surface area (Å²) in [5, 5.41) is 0. The molecule has 1 aromatic carbocycles.